The van der Waals surface area contributed by atoms with Crippen LogP contribution in [0.5, 0.6) is 5.75 Å². The van der Waals surface area contributed by atoms with E-state index in [1.165, 1.54) is 12.1 Å². The van der Waals surface area contributed by atoms with E-state index in [0.29, 0.717) is 38.6 Å². The first-order valence-electron chi connectivity index (χ1n) is 9.47. The zero-order chi connectivity index (χ0) is 18.9. The Balaban J connectivity index is 1.29. The van der Waals surface area contributed by atoms with E-state index < -0.39 is 0 Å². The number of ether oxygens (including phenoxy) is 4. The van der Waals surface area contributed by atoms with Crippen molar-refractivity contribution in [2.24, 2.45) is 5.92 Å². The minimum atomic E-state index is -0.284. The minimum absolute atomic E-state index is 0.0132. The predicted molar refractivity (Wildman–Crippen MR) is 96.7 cm³/mol. The summed E-state index contributed by atoms with van der Waals surface area (Å²) in [6.45, 7) is 1.99. The summed E-state index contributed by atoms with van der Waals surface area (Å²) < 4.78 is 34.8. The Kier molecular flexibility index (Phi) is 7.49. The fourth-order valence-corrected chi connectivity index (χ4v) is 3.09. The van der Waals surface area contributed by atoms with Gasteiger partial charge < -0.3 is 18.9 Å². The average molecular weight is 376 g/mol. The lowest BCUT2D eigenvalue weighted by molar-refractivity contribution is -0.151. The molecule has 2 atom stereocenters. The number of benzene rings is 1. The summed E-state index contributed by atoms with van der Waals surface area (Å²) in [5.41, 5.74) is 0. The summed E-state index contributed by atoms with van der Waals surface area (Å²) in [4.78, 5) is 11.9. The highest BCUT2D eigenvalue weighted by molar-refractivity contribution is 5.72. The fraction of sp³-hybridized carbons (Fsp3) is 0.571. The summed E-state index contributed by atoms with van der Waals surface area (Å²) in [7, 11) is 0. The first kappa shape index (κ1) is 19.7. The van der Waals surface area contributed by atoms with E-state index in [4.69, 9.17) is 18.9 Å². The minimum Gasteiger partial charge on any atom is -0.491 e. The SMILES string of the molecule is O=C(OCCC#CC1CCC(COc2ccc(F)cc2)O1)C1CCOCC1. The summed E-state index contributed by atoms with van der Waals surface area (Å²) in [6.07, 6.45) is 3.58. The molecule has 0 aliphatic carbocycles. The van der Waals surface area contributed by atoms with Gasteiger partial charge in [0, 0.05) is 19.6 Å². The van der Waals surface area contributed by atoms with Gasteiger partial charge in [-0.05, 0) is 49.9 Å². The van der Waals surface area contributed by atoms with Crippen molar-refractivity contribution < 1.29 is 28.1 Å². The third-order valence-electron chi connectivity index (χ3n) is 4.65. The second-order valence-electron chi connectivity index (χ2n) is 6.71. The lowest BCUT2D eigenvalue weighted by Crippen LogP contribution is -2.25. The van der Waals surface area contributed by atoms with Crippen LogP contribution >= 0.6 is 0 Å². The lowest BCUT2D eigenvalue weighted by Gasteiger charge is -2.20. The molecule has 2 fully saturated rings. The molecule has 2 unspecified atom stereocenters. The number of esters is 1. The highest BCUT2D eigenvalue weighted by Gasteiger charge is 2.24. The number of rotatable bonds is 6. The van der Waals surface area contributed by atoms with Gasteiger partial charge in [-0.2, -0.15) is 0 Å². The van der Waals surface area contributed by atoms with Crippen molar-refractivity contribution in [3.63, 3.8) is 0 Å². The van der Waals surface area contributed by atoms with Crippen LogP contribution in [0.4, 0.5) is 4.39 Å². The van der Waals surface area contributed by atoms with Crippen LogP contribution in [0, 0.1) is 23.6 Å². The first-order valence-corrected chi connectivity index (χ1v) is 9.47. The Hall–Kier alpha value is -2.10. The van der Waals surface area contributed by atoms with Crippen molar-refractivity contribution in [1.29, 1.82) is 0 Å². The molecular formula is C21H25FO5. The summed E-state index contributed by atoms with van der Waals surface area (Å²) in [6, 6.07) is 5.94. The van der Waals surface area contributed by atoms with Crippen molar-refractivity contribution >= 4 is 5.97 Å². The molecule has 1 aromatic rings. The number of carbonyl (C=O) groups is 1. The molecule has 0 saturated carbocycles. The smallest absolute Gasteiger partial charge is 0.309 e. The largest absolute Gasteiger partial charge is 0.491 e. The Morgan fingerprint density at radius 2 is 1.93 bits per heavy atom. The van der Waals surface area contributed by atoms with E-state index >= 15 is 0 Å². The van der Waals surface area contributed by atoms with Crippen LogP contribution in [-0.2, 0) is 19.0 Å². The molecule has 0 spiro atoms. The highest BCUT2D eigenvalue weighted by Crippen LogP contribution is 2.21. The van der Waals surface area contributed by atoms with Crippen molar-refractivity contribution in [3.8, 4) is 17.6 Å². The Bertz CT molecular complexity index is 657. The average Bonchev–Trinajstić information content (AvgIpc) is 3.15. The maximum absolute atomic E-state index is 12.9. The molecular weight excluding hydrogens is 351 g/mol. The van der Waals surface area contributed by atoms with Crippen LogP contribution in [0.25, 0.3) is 0 Å². The van der Waals surface area contributed by atoms with Crippen LogP contribution in [0.1, 0.15) is 32.1 Å². The Morgan fingerprint density at radius 3 is 2.70 bits per heavy atom. The van der Waals surface area contributed by atoms with Gasteiger partial charge in [0.25, 0.3) is 0 Å². The molecule has 2 aliphatic rings. The molecule has 2 saturated heterocycles. The molecule has 2 aliphatic heterocycles. The van der Waals surface area contributed by atoms with Gasteiger partial charge in [-0.15, -0.1) is 0 Å². The molecule has 27 heavy (non-hydrogen) atoms. The van der Waals surface area contributed by atoms with Gasteiger partial charge in [0.2, 0.25) is 0 Å². The van der Waals surface area contributed by atoms with E-state index in [1.54, 1.807) is 12.1 Å². The molecule has 5 nitrogen and oxygen atoms in total. The molecule has 0 amide bonds. The third-order valence-corrected chi connectivity index (χ3v) is 4.65. The molecule has 0 N–H and O–H groups in total. The van der Waals surface area contributed by atoms with Gasteiger partial charge in [-0.3, -0.25) is 4.79 Å². The van der Waals surface area contributed by atoms with Gasteiger partial charge in [-0.25, -0.2) is 4.39 Å². The van der Waals surface area contributed by atoms with E-state index in [1.807, 2.05) is 0 Å². The third kappa shape index (κ3) is 6.53. The number of carbonyl (C=O) groups excluding carboxylic acids is 1. The van der Waals surface area contributed by atoms with E-state index in [0.717, 1.165) is 25.7 Å². The second-order valence-corrected chi connectivity index (χ2v) is 6.71. The maximum atomic E-state index is 12.9. The normalized spacial score (nSPS) is 22.7. The van der Waals surface area contributed by atoms with E-state index in [-0.39, 0.29) is 29.9 Å². The number of hydrogen-bond acceptors (Lipinski definition) is 5. The quantitative estimate of drug-likeness (QED) is 0.434. The molecule has 2 heterocycles. The topological polar surface area (TPSA) is 54.0 Å². The highest BCUT2D eigenvalue weighted by atomic mass is 19.1. The van der Waals surface area contributed by atoms with Crippen LogP contribution < -0.4 is 4.74 Å². The second kappa shape index (κ2) is 10.3. The van der Waals surface area contributed by atoms with Crippen LogP contribution in [0.3, 0.4) is 0 Å². The van der Waals surface area contributed by atoms with Crippen molar-refractivity contribution in [1.82, 2.24) is 0 Å². The Morgan fingerprint density at radius 1 is 1.15 bits per heavy atom. The lowest BCUT2D eigenvalue weighted by atomic mass is 10.0. The molecule has 146 valence electrons. The molecule has 0 aromatic heterocycles. The van der Waals surface area contributed by atoms with Crippen molar-refractivity contribution in [2.45, 2.75) is 44.3 Å². The summed E-state index contributed by atoms with van der Waals surface area (Å²) in [5.74, 6) is 6.27. The van der Waals surface area contributed by atoms with Crippen LogP contribution in [-0.4, -0.2) is 44.6 Å². The standard InChI is InChI=1S/C21H25FO5/c22-17-4-6-18(7-5-17)26-15-20-9-8-19(27-20)3-1-2-12-25-21(23)16-10-13-24-14-11-16/h4-7,16,19-20H,2,8-15H2. The van der Waals surface area contributed by atoms with Gasteiger partial charge in [-0.1, -0.05) is 11.8 Å². The molecule has 1 aromatic carbocycles. The van der Waals surface area contributed by atoms with Crippen molar-refractivity contribution in [2.75, 3.05) is 26.4 Å². The van der Waals surface area contributed by atoms with E-state index in [9.17, 15) is 9.18 Å². The summed E-state index contributed by atoms with van der Waals surface area (Å²) in [5, 5.41) is 0. The van der Waals surface area contributed by atoms with Gasteiger partial charge in [0.15, 0.2) is 0 Å². The van der Waals surface area contributed by atoms with Crippen LogP contribution in [0.2, 0.25) is 0 Å². The fourth-order valence-electron chi connectivity index (χ4n) is 3.09. The van der Waals surface area contributed by atoms with Gasteiger partial charge in [0.05, 0.1) is 12.0 Å². The number of hydrogen-bond donors (Lipinski definition) is 0. The van der Waals surface area contributed by atoms with Gasteiger partial charge in [0.1, 0.15) is 30.9 Å². The van der Waals surface area contributed by atoms with Gasteiger partial charge >= 0.3 is 5.97 Å². The zero-order valence-electron chi connectivity index (χ0n) is 15.3. The number of halogens is 1. The van der Waals surface area contributed by atoms with Crippen LogP contribution in [0.15, 0.2) is 24.3 Å². The molecule has 0 radical (unpaired) electrons. The Labute approximate surface area is 159 Å². The monoisotopic (exact) mass is 376 g/mol. The van der Waals surface area contributed by atoms with E-state index in [2.05, 4.69) is 11.8 Å². The predicted octanol–water partition coefficient (Wildman–Crippen LogP) is 3.12. The molecule has 0 bridgehead atoms. The summed E-state index contributed by atoms with van der Waals surface area (Å²) >= 11 is 0. The first-order chi connectivity index (χ1) is 13.2. The zero-order valence-corrected chi connectivity index (χ0v) is 15.3. The maximum Gasteiger partial charge on any atom is 0.309 e. The van der Waals surface area contributed by atoms with Crippen molar-refractivity contribution in [3.05, 3.63) is 30.1 Å². The molecule has 3 rings (SSSR count). The molecule has 6 heteroatoms.